The second-order valence-corrected chi connectivity index (χ2v) is 6.84. The number of fused-ring (bicyclic) bond motifs is 1. The molecule has 1 aromatic heterocycles. The molecule has 1 amide bonds. The van der Waals surface area contributed by atoms with E-state index in [-0.39, 0.29) is 12.3 Å². The molecule has 0 bridgehead atoms. The maximum atomic E-state index is 12.0. The van der Waals surface area contributed by atoms with Crippen LogP contribution in [0.15, 0.2) is 73.1 Å². The molecule has 1 heterocycles. The number of halogens is 1. The Labute approximate surface area is 176 Å². The molecule has 3 aromatic carbocycles. The first-order valence-corrected chi connectivity index (χ1v) is 9.29. The monoisotopic (exact) mass is 422 g/mol. The highest BCUT2D eigenvalue weighted by Crippen LogP contribution is 2.33. The van der Waals surface area contributed by atoms with Gasteiger partial charge in [0.2, 0.25) is 6.41 Å². The first kappa shape index (κ1) is 19.4. The Bertz CT molecular complexity index is 1230. The maximum absolute atomic E-state index is 12.0. The largest absolute Gasteiger partial charge is 0.308 e. The fraction of sp³-hybridized carbons (Fsp3) is 0.0476. The number of nitrogens with zero attached hydrogens (tertiary/aromatic N) is 4. The first-order chi connectivity index (χ1) is 14.6. The summed E-state index contributed by atoms with van der Waals surface area (Å²) in [6.07, 6.45) is 4.00. The summed E-state index contributed by atoms with van der Waals surface area (Å²) < 4.78 is 1.59. The molecule has 0 aliphatic rings. The van der Waals surface area contributed by atoms with E-state index in [0.29, 0.717) is 33.8 Å². The van der Waals surface area contributed by atoms with Gasteiger partial charge in [-0.05, 0) is 29.7 Å². The molecule has 0 spiro atoms. The van der Waals surface area contributed by atoms with Crippen LogP contribution in [0.4, 0.5) is 5.69 Å². The zero-order valence-corrected chi connectivity index (χ0v) is 16.3. The van der Waals surface area contributed by atoms with E-state index >= 15 is 0 Å². The van der Waals surface area contributed by atoms with Crippen molar-refractivity contribution in [2.45, 2.75) is 6.54 Å². The normalized spacial score (nSPS) is 10.7. The van der Waals surface area contributed by atoms with Crippen LogP contribution in [0.3, 0.4) is 0 Å². The van der Waals surface area contributed by atoms with Gasteiger partial charge in [-0.1, -0.05) is 48.0 Å². The molecule has 0 atom stereocenters. The summed E-state index contributed by atoms with van der Waals surface area (Å²) >= 11 is 6.15. The van der Waals surface area contributed by atoms with Crippen molar-refractivity contribution < 1.29 is 14.7 Å². The fourth-order valence-electron chi connectivity index (χ4n) is 3.29. The van der Waals surface area contributed by atoms with Crippen molar-refractivity contribution in [2.24, 2.45) is 0 Å². The number of aromatic nitrogens is 2. The fourth-order valence-corrected chi connectivity index (χ4v) is 3.46. The van der Waals surface area contributed by atoms with Crippen LogP contribution in [0.1, 0.15) is 5.56 Å². The summed E-state index contributed by atoms with van der Waals surface area (Å²) in [5.41, 5.74) is 1.62. The van der Waals surface area contributed by atoms with Crippen LogP contribution in [-0.4, -0.2) is 21.3 Å². The third kappa shape index (κ3) is 3.81. The Morgan fingerprint density at radius 1 is 1.17 bits per heavy atom. The van der Waals surface area contributed by atoms with Crippen LogP contribution < -0.4 is 9.74 Å². The van der Waals surface area contributed by atoms with Crippen LogP contribution >= 0.6 is 11.6 Å². The number of rotatable bonds is 7. The minimum atomic E-state index is -0.853. The number of amides is 1. The van der Waals surface area contributed by atoms with Gasteiger partial charge in [-0.2, -0.15) is 5.10 Å². The smallest absolute Gasteiger partial charge is 0.299 e. The van der Waals surface area contributed by atoms with E-state index in [2.05, 4.69) is 5.10 Å². The minimum absolute atomic E-state index is 0.0490. The van der Waals surface area contributed by atoms with Crippen molar-refractivity contribution in [3.63, 3.8) is 0 Å². The van der Waals surface area contributed by atoms with E-state index in [4.69, 9.17) is 16.4 Å². The van der Waals surface area contributed by atoms with E-state index in [1.807, 2.05) is 18.2 Å². The molecule has 0 radical (unpaired) electrons. The third-order valence-electron chi connectivity index (χ3n) is 4.59. The molecule has 9 heteroatoms. The highest BCUT2D eigenvalue weighted by Gasteiger charge is 2.18. The topological polar surface area (TPSA) is 90.5 Å². The summed E-state index contributed by atoms with van der Waals surface area (Å²) in [6, 6.07) is 17.5. The highest BCUT2D eigenvalue weighted by atomic mass is 35.5. The van der Waals surface area contributed by atoms with Crippen LogP contribution in [0, 0.1) is 10.1 Å². The van der Waals surface area contributed by atoms with Gasteiger partial charge < -0.3 is 4.90 Å². The van der Waals surface area contributed by atoms with Gasteiger partial charge in [0.25, 0.3) is 5.09 Å². The summed E-state index contributed by atoms with van der Waals surface area (Å²) in [4.78, 5) is 29.4. The number of hydrogen-bond donors (Lipinski definition) is 0. The summed E-state index contributed by atoms with van der Waals surface area (Å²) in [5.74, 6) is 0.0968. The van der Waals surface area contributed by atoms with Crippen LogP contribution in [0.2, 0.25) is 5.02 Å². The molecule has 0 saturated heterocycles. The molecule has 0 N–H and O–H groups in total. The zero-order chi connectivity index (χ0) is 21.1. The molecule has 0 aliphatic carbocycles. The number of anilines is 1. The van der Waals surface area contributed by atoms with Gasteiger partial charge in [0, 0.05) is 28.4 Å². The lowest BCUT2D eigenvalue weighted by molar-refractivity contribution is -0.710. The van der Waals surface area contributed by atoms with E-state index in [1.54, 1.807) is 59.5 Å². The molecular weight excluding hydrogens is 408 g/mol. The quantitative estimate of drug-likeness (QED) is 0.250. The van der Waals surface area contributed by atoms with Gasteiger partial charge >= 0.3 is 0 Å². The Balaban J connectivity index is 1.80. The Hall–Kier alpha value is -3.91. The lowest BCUT2D eigenvalue weighted by atomic mass is 10.0. The standard InChI is InChI=1S/C21H15ClN4O4/c22-17-8-9-19(20(12-17)25-11-3-10-23-25)24(14-27)13-16-7-6-15-4-1-2-5-18(15)21(16)30-26(28)29/h1-12,14H,13H2. The molecule has 0 saturated carbocycles. The van der Waals surface area contributed by atoms with Crippen molar-refractivity contribution in [1.82, 2.24) is 9.78 Å². The number of hydrogen-bond acceptors (Lipinski definition) is 5. The van der Waals surface area contributed by atoms with E-state index in [0.717, 1.165) is 5.39 Å². The Morgan fingerprint density at radius 3 is 2.73 bits per heavy atom. The van der Waals surface area contributed by atoms with Gasteiger partial charge in [0.05, 0.1) is 17.9 Å². The lowest BCUT2D eigenvalue weighted by Gasteiger charge is -2.22. The van der Waals surface area contributed by atoms with Gasteiger partial charge in [-0.3, -0.25) is 9.63 Å². The molecular formula is C21H15ClN4O4. The molecule has 30 heavy (non-hydrogen) atoms. The molecule has 4 aromatic rings. The second kappa shape index (κ2) is 8.22. The van der Waals surface area contributed by atoms with Crippen molar-refractivity contribution in [1.29, 1.82) is 0 Å². The molecule has 8 nitrogen and oxygen atoms in total. The minimum Gasteiger partial charge on any atom is -0.308 e. The van der Waals surface area contributed by atoms with Gasteiger partial charge in [-0.25, -0.2) is 4.68 Å². The van der Waals surface area contributed by atoms with E-state index < -0.39 is 5.09 Å². The predicted molar refractivity (Wildman–Crippen MR) is 112 cm³/mol. The molecule has 150 valence electrons. The lowest BCUT2D eigenvalue weighted by Crippen LogP contribution is -2.23. The van der Waals surface area contributed by atoms with Gasteiger partial charge in [0.1, 0.15) is 5.75 Å². The SMILES string of the molecule is O=CN(Cc1ccc2ccccc2c1O[N+](=O)[O-])c1ccc(Cl)cc1-n1cccn1. The Morgan fingerprint density at radius 2 is 2.00 bits per heavy atom. The summed E-state index contributed by atoms with van der Waals surface area (Å²) in [6.45, 7) is 0.0490. The molecule has 0 unspecified atom stereocenters. The van der Waals surface area contributed by atoms with E-state index in [9.17, 15) is 14.9 Å². The van der Waals surface area contributed by atoms with Crippen molar-refractivity contribution in [3.05, 3.63) is 93.8 Å². The maximum Gasteiger partial charge on any atom is 0.299 e. The van der Waals surface area contributed by atoms with Crippen molar-refractivity contribution in [3.8, 4) is 11.4 Å². The van der Waals surface area contributed by atoms with Crippen LogP contribution in [0.25, 0.3) is 16.5 Å². The van der Waals surface area contributed by atoms with E-state index in [1.165, 1.54) is 4.90 Å². The average Bonchev–Trinajstić information content (AvgIpc) is 3.28. The number of benzene rings is 3. The van der Waals surface area contributed by atoms with Gasteiger partial charge in [0.15, 0.2) is 0 Å². The molecule has 0 fully saturated rings. The second-order valence-electron chi connectivity index (χ2n) is 6.41. The number of carbonyl (C=O) groups is 1. The van der Waals surface area contributed by atoms with Gasteiger partial charge in [-0.15, -0.1) is 10.1 Å². The number of carbonyl (C=O) groups excluding carboxylic acids is 1. The molecule has 0 aliphatic heterocycles. The first-order valence-electron chi connectivity index (χ1n) is 8.91. The molecule has 4 rings (SSSR count). The van der Waals surface area contributed by atoms with Crippen LogP contribution in [0.5, 0.6) is 5.75 Å². The van der Waals surface area contributed by atoms with Crippen LogP contribution in [-0.2, 0) is 11.3 Å². The zero-order valence-electron chi connectivity index (χ0n) is 15.5. The van der Waals surface area contributed by atoms with Crippen molar-refractivity contribution in [2.75, 3.05) is 4.90 Å². The highest BCUT2D eigenvalue weighted by molar-refractivity contribution is 6.30. The summed E-state index contributed by atoms with van der Waals surface area (Å²) in [7, 11) is 0. The summed E-state index contributed by atoms with van der Waals surface area (Å²) in [5, 5.41) is 16.3. The van der Waals surface area contributed by atoms with Crippen molar-refractivity contribution >= 4 is 34.5 Å². The average molecular weight is 423 g/mol. The third-order valence-corrected chi connectivity index (χ3v) is 4.83. The Kier molecular flexibility index (Phi) is 5.32. The predicted octanol–water partition coefficient (Wildman–Crippen LogP) is 4.41.